The number of ether oxygens (including phenoxy) is 3. The summed E-state index contributed by atoms with van der Waals surface area (Å²) in [6.07, 6.45) is 0. The highest BCUT2D eigenvalue weighted by atomic mass is 32.1. The molecule has 1 aliphatic heterocycles. The fourth-order valence-corrected chi connectivity index (χ4v) is 4.26. The van der Waals surface area contributed by atoms with Crippen molar-refractivity contribution in [1.29, 1.82) is 0 Å². The largest absolute Gasteiger partial charge is 0.490 e. The number of hydrogen-bond donors (Lipinski definition) is 3. The van der Waals surface area contributed by atoms with Gasteiger partial charge in [-0.15, -0.1) is 0 Å². The smallest absolute Gasteiger partial charge is 0.257 e. The molecule has 1 amide bonds. The first-order valence-corrected chi connectivity index (χ1v) is 12.8. The van der Waals surface area contributed by atoms with Crippen molar-refractivity contribution in [2.75, 3.05) is 62.8 Å². The molecule has 35 heavy (non-hydrogen) atoms. The second-order valence-corrected chi connectivity index (χ2v) is 8.55. The Kier molecular flexibility index (Phi) is 9.98. The highest BCUT2D eigenvalue weighted by Gasteiger charge is 2.20. The number of thiocarbonyl (C=S) groups is 1. The summed E-state index contributed by atoms with van der Waals surface area (Å²) in [7, 11) is 0. The molecule has 0 aliphatic carbocycles. The lowest BCUT2D eigenvalue weighted by atomic mass is 10.1. The number of hydrogen-bond acceptors (Lipinski definition) is 6. The molecule has 0 bridgehead atoms. The topological polar surface area (TPSA) is 76.5 Å². The van der Waals surface area contributed by atoms with Crippen molar-refractivity contribution in [1.82, 2.24) is 5.32 Å². The Morgan fingerprint density at radius 1 is 0.943 bits per heavy atom. The van der Waals surface area contributed by atoms with E-state index in [9.17, 15) is 4.79 Å². The molecule has 1 saturated heterocycles. The average Bonchev–Trinajstić information content (AvgIpc) is 2.86. The molecule has 9 heteroatoms. The molecule has 0 radical (unpaired) electrons. The van der Waals surface area contributed by atoms with Gasteiger partial charge in [0, 0.05) is 16.9 Å². The zero-order chi connectivity index (χ0) is 25.2. The van der Waals surface area contributed by atoms with Crippen LogP contribution in [0.3, 0.4) is 0 Å². The van der Waals surface area contributed by atoms with E-state index in [2.05, 4.69) is 34.6 Å². The van der Waals surface area contributed by atoms with Crippen molar-refractivity contribution in [3.05, 3.63) is 42.0 Å². The van der Waals surface area contributed by atoms with E-state index in [4.69, 9.17) is 26.4 Å². The van der Waals surface area contributed by atoms with Crippen LogP contribution in [0.1, 0.15) is 38.1 Å². The van der Waals surface area contributed by atoms with Crippen LogP contribution in [-0.2, 0) is 0 Å². The van der Waals surface area contributed by atoms with Crippen LogP contribution in [-0.4, -0.2) is 63.6 Å². The van der Waals surface area contributed by atoms with Crippen molar-refractivity contribution in [3.8, 4) is 17.2 Å². The number of benzene rings is 2. The van der Waals surface area contributed by atoms with Gasteiger partial charge in [-0.1, -0.05) is 0 Å². The number of carbonyl (C=O) groups is 1. The van der Waals surface area contributed by atoms with Crippen LogP contribution in [0.5, 0.6) is 17.2 Å². The van der Waals surface area contributed by atoms with Gasteiger partial charge in [-0.2, -0.15) is 0 Å². The molecule has 0 atom stereocenters. The number of likely N-dealkylation sites (N-methyl/N-ethyl adjacent to an activating group) is 1. The zero-order valence-corrected chi connectivity index (χ0v) is 21.9. The highest BCUT2D eigenvalue weighted by Crippen LogP contribution is 2.39. The molecule has 190 valence electrons. The van der Waals surface area contributed by atoms with Crippen LogP contribution in [0.25, 0.3) is 0 Å². The summed E-state index contributed by atoms with van der Waals surface area (Å²) in [6.45, 7) is 14.8. The van der Waals surface area contributed by atoms with Crippen LogP contribution in [0.4, 0.5) is 11.4 Å². The minimum Gasteiger partial charge on any atom is -0.490 e. The number of quaternary nitrogens is 1. The third-order valence-electron chi connectivity index (χ3n) is 5.86. The van der Waals surface area contributed by atoms with Gasteiger partial charge in [0.05, 0.1) is 52.5 Å². The number of piperazine rings is 1. The molecule has 0 spiro atoms. The van der Waals surface area contributed by atoms with Crippen LogP contribution in [0.2, 0.25) is 0 Å². The first-order chi connectivity index (χ1) is 17.0. The van der Waals surface area contributed by atoms with E-state index < -0.39 is 0 Å². The van der Waals surface area contributed by atoms with Crippen LogP contribution >= 0.6 is 12.2 Å². The van der Waals surface area contributed by atoms with Crippen molar-refractivity contribution < 1.29 is 23.9 Å². The number of anilines is 2. The molecule has 1 aliphatic rings. The minimum atomic E-state index is -0.361. The van der Waals surface area contributed by atoms with E-state index in [0.29, 0.717) is 42.6 Å². The average molecular weight is 502 g/mol. The van der Waals surface area contributed by atoms with Crippen molar-refractivity contribution >= 4 is 34.6 Å². The van der Waals surface area contributed by atoms with Crippen LogP contribution in [0.15, 0.2) is 36.4 Å². The Hall–Kier alpha value is -3.04. The van der Waals surface area contributed by atoms with E-state index in [1.807, 2.05) is 32.9 Å². The minimum absolute atomic E-state index is 0.215. The molecule has 0 saturated carbocycles. The third-order valence-corrected chi connectivity index (χ3v) is 6.06. The van der Waals surface area contributed by atoms with E-state index in [-0.39, 0.29) is 11.0 Å². The molecular weight excluding hydrogens is 464 g/mol. The first-order valence-electron chi connectivity index (χ1n) is 12.4. The summed E-state index contributed by atoms with van der Waals surface area (Å²) in [6, 6.07) is 11.4. The fourth-order valence-electron chi connectivity index (χ4n) is 4.05. The number of amides is 1. The highest BCUT2D eigenvalue weighted by molar-refractivity contribution is 7.80. The Bertz CT molecular complexity index is 964. The predicted molar refractivity (Wildman–Crippen MR) is 144 cm³/mol. The molecule has 8 nitrogen and oxygen atoms in total. The van der Waals surface area contributed by atoms with Crippen molar-refractivity contribution in [3.63, 3.8) is 0 Å². The number of nitrogens with zero attached hydrogens (tertiary/aromatic N) is 1. The van der Waals surface area contributed by atoms with Gasteiger partial charge in [0.1, 0.15) is 0 Å². The lowest BCUT2D eigenvalue weighted by Crippen LogP contribution is -3.14. The second kappa shape index (κ2) is 13.2. The molecular formula is C26H37N4O4S+. The quantitative estimate of drug-likeness (QED) is 0.432. The second-order valence-electron chi connectivity index (χ2n) is 8.15. The van der Waals surface area contributed by atoms with Gasteiger partial charge in [0.25, 0.3) is 5.91 Å². The Balaban J connectivity index is 1.64. The van der Waals surface area contributed by atoms with Crippen molar-refractivity contribution in [2.24, 2.45) is 0 Å². The summed E-state index contributed by atoms with van der Waals surface area (Å²) in [5.74, 6) is 1.05. The van der Waals surface area contributed by atoms with E-state index in [1.54, 1.807) is 17.0 Å². The molecule has 0 unspecified atom stereocenters. The third kappa shape index (κ3) is 7.22. The summed E-state index contributed by atoms with van der Waals surface area (Å²) >= 11 is 5.39. The number of rotatable bonds is 10. The Labute approximate surface area is 213 Å². The molecule has 2 aromatic carbocycles. The molecule has 1 fully saturated rings. The van der Waals surface area contributed by atoms with Crippen LogP contribution < -0.4 is 34.6 Å². The molecule has 3 rings (SSSR count). The molecule has 1 heterocycles. The number of nitrogens with one attached hydrogen (secondary N) is 3. The van der Waals surface area contributed by atoms with Crippen molar-refractivity contribution in [2.45, 2.75) is 27.7 Å². The summed E-state index contributed by atoms with van der Waals surface area (Å²) in [4.78, 5) is 17.0. The van der Waals surface area contributed by atoms with E-state index in [0.717, 1.165) is 31.9 Å². The lowest BCUT2D eigenvalue weighted by Gasteiger charge is -2.33. The molecule has 0 aromatic heterocycles. The van der Waals surface area contributed by atoms with Gasteiger partial charge in [-0.3, -0.25) is 10.1 Å². The Morgan fingerprint density at radius 3 is 2.03 bits per heavy atom. The van der Waals surface area contributed by atoms with Gasteiger partial charge in [-0.05, 0) is 76.3 Å². The normalized spacial score (nSPS) is 13.8. The first kappa shape index (κ1) is 26.6. The predicted octanol–water partition coefficient (Wildman–Crippen LogP) is 2.73. The summed E-state index contributed by atoms with van der Waals surface area (Å²) in [5, 5.41) is 6.05. The fraction of sp³-hybridized carbons (Fsp3) is 0.462. The van der Waals surface area contributed by atoms with Gasteiger partial charge >= 0.3 is 0 Å². The van der Waals surface area contributed by atoms with Crippen LogP contribution in [0, 0.1) is 0 Å². The lowest BCUT2D eigenvalue weighted by molar-refractivity contribution is -0.898. The zero-order valence-electron chi connectivity index (χ0n) is 21.1. The maximum Gasteiger partial charge on any atom is 0.257 e. The van der Waals surface area contributed by atoms with E-state index in [1.165, 1.54) is 12.2 Å². The standard InChI is InChI=1S/C26H36N4O4S/c1-5-29-13-15-30(16-14-29)21-11-9-20(10-12-21)27-26(35)28-25(31)19-17-22(32-6-2)24(34-8-4)23(18-19)33-7-3/h9-12,17-18H,5-8,13-16H2,1-4H3,(H2,27,28,31,35)/p+1. The van der Waals surface area contributed by atoms with Gasteiger partial charge in [0.15, 0.2) is 16.6 Å². The monoisotopic (exact) mass is 501 g/mol. The molecule has 2 aromatic rings. The van der Waals surface area contributed by atoms with E-state index >= 15 is 0 Å². The number of carbonyl (C=O) groups excluding carboxylic acids is 1. The van der Waals surface area contributed by atoms with Gasteiger partial charge in [0.2, 0.25) is 5.75 Å². The summed E-state index contributed by atoms with van der Waals surface area (Å²) in [5.41, 5.74) is 2.38. The van der Waals surface area contributed by atoms with Gasteiger partial charge < -0.3 is 29.3 Å². The molecule has 3 N–H and O–H groups in total. The van der Waals surface area contributed by atoms with Gasteiger partial charge in [-0.25, -0.2) is 0 Å². The SMILES string of the molecule is CCOc1cc(C(=O)NC(=S)Nc2ccc(N3CC[NH+](CC)CC3)cc2)cc(OCC)c1OCC. The maximum atomic E-state index is 12.9. The maximum absolute atomic E-state index is 12.9. The Morgan fingerprint density at radius 2 is 1.51 bits per heavy atom. The summed E-state index contributed by atoms with van der Waals surface area (Å²) < 4.78 is 17.1.